The summed E-state index contributed by atoms with van der Waals surface area (Å²) in [6.45, 7) is 2.25. The molecule has 1 aromatic carbocycles. The van der Waals surface area contributed by atoms with Crippen molar-refractivity contribution in [2.24, 2.45) is 0 Å². The second-order valence-electron chi connectivity index (χ2n) is 5.10. The van der Waals surface area contributed by atoms with Crippen molar-refractivity contribution in [1.82, 2.24) is 0 Å². The summed E-state index contributed by atoms with van der Waals surface area (Å²) < 4.78 is 6.28. The van der Waals surface area contributed by atoms with Gasteiger partial charge in [0.15, 0.2) is 0 Å². The molecule has 0 fully saturated rings. The van der Waals surface area contributed by atoms with Crippen molar-refractivity contribution >= 4 is 0 Å². The fourth-order valence-corrected chi connectivity index (χ4v) is 2.50. The van der Waals surface area contributed by atoms with Crippen LogP contribution in [0, 0.1) is 0 Å². The van der Waals surface area contributed by atoms with Gasteiger partial charge in [-0.15, -0.1) is 0 Å². The molecule has 0 spiro atoms. The molecule has 0 saturated carbocycles. The van der Waals surface area contributed by atoms with E-state index in [1.165, 1.54) is 31.2 Å². The number of hydrogen-bond acceptors (Lipinski definition) is 1. The molecule has 0 unspecified atom stereocenters. The van der Waals surface area contributed by atoms with E-state index in [9.17, 15) is 0 Å². The van der Waals surface area contributed by atoms with E-state index >= 15 is 0 Å². The van der Waals surface area contributed by atoms with E-state index < -0.39 is 0 Å². The lowest BCUT2D eigenvalue weighted by Crippen LogP contribution is -2.14. The second kappa shape index (κ2) is 7.38. The zero-order valence-electron chi connectivity index (χ0n) is 11.3. The fourth-order valence-electron chi connectivity index (χ4n) is 2.50. The summed E-state index contributed by atoms with van der Waals surface area (Å²) in [6.07, 6.45) is 12.4. The maximum atomic E-state index is 6.28. The molecular formula is C17H24O. The summed E-state index contributed by atoms with van der Waals surface area (Å²) in [5.74, 6) is 0. The lowest BCUT2D eigenvalue weighted by atomic mass is 10.1. The summed E-state index contributed by atoms with van der Waals surface area (Å²) in [6, 6.07) is 10.6. The van der Waals surface area contributed by atoms with E-state index in [0.717, 1.165) is 12.8 Å². The van der Waals surface area contributed by atoms with Gasteiger partial charge >= 0.3 is 0 Å². The van der Waals surface area contributed by atoms with Gasteiger partial charge in [-0.25, -0.2) is 0 Å². The quantitative estimate of drug-likeness (QED) is 0.520. The average Bonchev–Trinajstić information content (AvgIpc) is 2.66. The van der Waals surface area contributed by atoms with Crippen LogP contribution < -0.4 is 0 Å². The molecule has 2 rings (SSSR count). The van der Waals surface area contributed by atoms with Gasteiger partial charge in [-0.05, 0) is 24.8 Å². The summed E-state index contributed by atoms with van der Waals surface area (Å²) in [7, 11) is 0. The maximum Gasteiger partial charge on any atom is 0.0863 e. The average molecular weight is 244 g/mol. The smallest absolute Gasteiger partial charge is 0.0863 e. The van der Waals surface area contributed by atoms with Crippen LogP contribution in [0.4, 0.5) is 0 Å². The number of unbranched alkanes of at least 4 members (excludes halogenated alkanes) is 2. The predicted octanol–water partition coefficient (Wildman–Crippen LogP) is 5.04. The molecule has 0 aromatic heterocycles. The topological polar surface area (TPSA) is 9.23 Å². The van der Waals surface area contributed by atoms with Crippen molar-refractivity contribution in [1.29, 1.82) is 0 Å². The molecule has 1 aliphatic rings. The Kier molecular flexibility index (Phi) is 5.47. The molecular weight excluding hydrogens is 220 g/mol. The zero-order chi connectivity index (χ0) is 12.6. The number of hydrogen-bond donors (Lipinski definition) is 0. The van der Waals surface area contributed by atoms with Crippen LogP contribution in [0.1, 0.15) is 57.1 Å². The third kappa shape index (κ3) is 3.99. The molecule has 0 aliphatic carbocycles. The van der Waals surface area contributed by atoms with E-state index in [-0.39, 0.29) is 6.10 Å². The van der Waals surface area contributed by atoms with E-state index in [2.05, 4.69) is 49.4 Å². The molecule has 0 saturated heterocycles. The first kappa shape index (κ1) is 13.4. The summed E-state index contributed by atoms with van der Waals surface area (Å²) in [5, 5.41) is 0. The maximum absolute atomic E-state index is 6.28. The summed E-state index contributed by atoms with van der Waals surface area (Å²) in [4.78, 5) is 0. The third-order valence-corrected chi connectivity index (χ3v) is 3.57. The largest absolute Gasteiger partial charge is 0.370 e. The molecule has 1 heteroatoms. The van der Waals surface area contributed by atoms with E-state index in [0.29, 0.717) is 6.10 Å². The second-order valence-corrected chi connectivity index (χ2v) is 5.10. The molecule has 18 heavy (non-hydrogen) atoms. The van der Waals surface area contributed by atoms with Crippen molar-refractivity contribution < 1.29 is 4.74 Å². The molecule has 1 aromatic rings. The number of ether oxygens (including phenoxy) is 1. The molecule has 1 nitrogen and oxygen atoms in total. The van der Waals surface area contributed by atoms with Crippen LogP contribution in [0.25, 0.3) is 0 Å². The van der Waals surface area contributed by atoms with Gasteiger partial charge in [0.25, 0.3) is 0 Å². The highest BCUT2D eigenvalue weighted by molar-refractivity contribution is 5.18. The molecule has 0 amide bonds. The van der Waals surface area contributed by atoms with Crippen LogP contribution in [0.2, 0.25) is 0 Å². The molecule has 1 heterocycles. The molecule has 2 atom stereocenters. The van der Waals surface area contributed by atoms with Crippen LogP contribution in [-0.2, 0) is 4.74 Å². The van der Waals surface area contributed by atoms with Crippen molar-refractivity contribution in [3.8, 4) is 0 Å². The minimum absolute atomic E-state index is 0.247. The Hall–Kier alpha value is -1.08. The molecule has 1 aliphatic heterocycles. The van der Waals surface area contributed by atoms with Gasteiger partial charge in [0.05, 0.1) is 12.2 Å². The first-order valence-electron chi connectivity index (χ1n) is 7.25. The Labute approximate surface area is 111 Å². The highest BCUT2D eigenvalue weighted by Gasteiger charge is 2.18. The molecule has 0 bridgehead atoms. The van der Waals surface area contributed by atoms with Crippen LogP contribution in [0.15, 0.2) is 42.5 Å². The minimum atomic E-state index is 0.247. The van der Waals surface area contributed by atoms with E-state index in [4.69, 9.17) is 4.74 Å². The number of rotatable bonds is 5. The van der Waals surface area contributed by atoms with Crippen LogP contribution in [-0.4, -0.2) is 6.10 Å². The minimum Gasteiger partial charge on any atom is -0.370 e. The van der Waals surface area contributed by atoms with Crippen molar-refractivity contribution in [2.75, 3.05) is 0 Å². The highest BCUT2D eigenvalue weighted by atomic mass is 16.5. The summed E-state index contributed by atoms with van der Waals surface area (Å²) >= 11 is 0. The zero-order valence-corrected chi connectivity index (χ0v) is 11.3. The molecule has 0 radical (unpaired) electrons. The third-order valence-electron chi connectivity index (χ3n) is 3.57. The standard InChI is InChI=1S/C17H24O/c1-2-3-5-12-16-13-8-9-14-17(18-16)15-10-6-4-7-11-15/h4,6-11,16-17H,2-3,5,12-14H2,1H3/t16-,17-/m0/s1. The van der Waals surface area contributed by atoms with Gasteiger partial charge in [-0.3, -0.25) is 0 Å². The van der Waals surface area contributed by atoms with Crippen molar-refractivity contribution in [3.63, 3.8) is 0 Å². The first-order chi connectivity index (χ1) is 8.90. The van der Waals surface area contributed by atoms with E-state index in [1.807, 2.05) is 0 Å². The predicted molar refractivity (Wildman–Crippen MR) is 76.6 cm³/mol. The normalized spacial score (nSPS) is 23.8. The number of benzene rings is 1. The van der Waals surface area contributed by atoms with Gasteiger partial charge in [0, 0.05) is 0 Å². The van der Waals surface area contributed by atoms with Gasteiger partial charge in [0.1, 0.15) is 0 Å². The highest BCUT2D eigenvalue weighted by Crippen LogP contribution is 2.28. The Morgan fingerprint density at radius 3 is 2.61 bits per heavy atom. The van der Waals surface area contributed by atoms with Crippen molar-refractivity contribution in [2.45, 2.75) is 57.7 Å². The monoisotopic (exact) mass is 244 g/mol. The Morgan fingerprint density at radius 2 is 1.83 bits per heavy atom. The molecule has 98 valence electrons. The Morgan fingerprint density at radius 1 is 1.06 bits per heavy atom. The lowest BCUT2D eigenvalue weighted by Gasteiger charge is -2.22. The van der Waals surface area contributed by atoms with Gasteiger partial charge in [-0.1, -0.05) is 68.7 Å². The van der Waals surface area contributed by atoms with Gasteiger partial charge < -0.3 is 4.74 Å². The van der Waals surface area contributed by atoms with Crippen LogP contribution in [0.5, 0.6) is 0 Å². The van der Waals surface area contributed by atoms with Gasteiger partial charge in [-0.2, -0.15) is 0 Å². The summed E-state index contributed by atoms with van der Waals surface area (Å²) in [5.41, 5.74) is 1.31. The van der Waals surface area contributed by atoms with Gasteiger partial charge in [0.2, 0.25) is 0 Å². The fraction of sp³-hybridized carbons (Fsp3) is 0.529. The SMILES string of the molecule is CCCCC[C@H]1CC=CC[C@@H](c2ccccc2)O1. The lowest BCUT2D eigenvalue weighted by molar-refractivity contribution is -0.0118. The Balaban J connectivity index is 1.93. The Bertz CT molecular complexity index is 355. The van der Waals surface area contributed by atoms with Crippen LogP contribution >= 0.6 is 0 Å². The molecule has 0 N–H and O–H groups in total. The first-order valence-corrected chi connectivity index (χ1v) is 7.25. The van der Waals surface area contributed by atoms with E-state index in [1.54, 1.807) is 0 Å². The van der Waals surface area contributed by atoms with Crippen LogP contribution in [0.3, 0.4) is 0 Å². The van der Waals surface area contributed by atoms with Crippen molar-refractivity contribution in [3.05, 3.63) is 48.0 Å².